The summed E-state index contributed by atoms with van der Waals surface area (Å²) in [5, 5.41) is 23.1. The van der Waals surface area contributed by atoms with E-state index < -0.39 is 5.60 Å². The molecule has 1 atom stereocenters. The molecule has 0 bridgehead atoms. The first-order chi connectivity index (χ1) is 9.53. The van der Waals surface area contributed by atoms with Crippen LogP contribution in [0.15, 0.2) is 42.6 Å². The Hall–Kier alpha value is -2.09. The van der Waals surface area contributed by atoms with E-state index in [9.17, 15) is 5.11 Å². The van der Waals surface area contributed by atoms with Gasteiger partial charge in [-0.25, -0.2) is 4.98 Å². The highest BCUT2D eigenvalue weighted by atomic mass is 35.5. The molecule has 0 aliphatic heterocycles. The van der Waals surface area contributed by atoms with Crippen molar-refractivity contribution in [3.05, 3.63) is 58.7 Å². The number of aromatic nitrogens is 1. The van der Waals surface area contributed by atoms with Gasteiger partial charge in [-0.05, 0) is 36.8 Å². The molecule has 102 valence electrons. The van der Waals surface area contributed by atoms with Crippen LogP contribution in [-0.4, -0.2) is 16.6 Å². The van der Waals surface area contributed by atoms with Gasteiger partial charge in [-0.2, -0.15) is 5.26 Å². The van der Waals surface area contributed by atoms with Gasteiger partial charge in [-0.1, -0.05) is 23.7 Å². The van der Waals surface area contributed by atoms with Crippen molar-refractivity contribution in [2.45, 2.75) is 12.5 Å². The predicted octanol–water partition coefficient (Wildman–Crippen LogP) is 2.93. The van der Waals surface area contributed by atoms with Crippen LogP contribution >= 0.6 is 11.6 Å². The molecule has 0 aliphatic carbocycles. The molecule has 0 saturated heterocycles. The van der Waals surface area contributed by atoms with Crippen LogP contribution in [0.4, 0.5) is 5.82 Å². The summed E-state index contributed by atoms with van der Waals surface area (Å²) in [5.41, 5.74) is 0.0242. The Kier molecular flexibility index (Phi) is 4.23. The lowest BCUT2D eigenvalue weighted by molar-refractivity contribution is 0.0714. The Morgan fingerprint density at radius 2 is 2.20 bits per heavy atom. The second-order valence-electron chi connectivity index (χ2n) is 4.65. The van der Waals surface area contributed by atoms with Crippen molar-refractivity contribution in [3.63, 3.8) is 0 Å². The summed E-state index contributed by atoms with van der Waals surface area (Å²) >= 11 is 5.93. The van der Waals surface area contributed by atoms with E-state index in [0.717, 1.165) is 0 Å². The lowest BCUT2D eigenvalue weighted by Crippen LogP contribution is -2.31. The molecule has 0 radical (unpaired) electrons. The van der Waals surface area contributed by atoms with Crippen molar-refractivity contribution in [2.75, 3.05) is 11.9 Å². The summed E-state index contributed by atoms with van der Waals surface area (Å²) in [6, 6.07) is 12.5. The molecule has 1 aromatic heterocycles. The Balaban J connectivity index is 2.15. The molecule has 1 heterocycles. The Morgan fingerprint density at radius 1 is 1.40 bits per heavy atom. The Morgan fingerprint density at radius 3 is 2.90 bits per heavy atom. The number of hydrogen-bond donors (Lipinski definition) is 2. The Labute approximate surface area is 122 Å². The van der Waals surface area contributed by atoms with E-state index >= 15 is 0 Å². The number of aliphatic hydroxyl groups is 1. The molecule has 1 unspecified atom stereocenters. The van der Waals surface area contributed by atoms with E-state index in [2.05, 4.69) is 16.4 Å². The summed E-state index contributed by atoms with van der Waals surface area (Å²) < 4.78 is 0. The highest BCUT2D eigenvalue weighted by molar-refractivity contribution is 6.30. The van der Waals surface area contributed by atoms with Crippen LogP contribution in [-0.2, 0) is 5.60 Å². The largest absolute Gasteiger partial charge is 0.384 e. The molecule has 0 saturated carbocycles. The maximum Gasteiger partial charge on any atom is 0.143 e. The third-order valence-electron chi connectivity index (χ3n) is 2.97. The van der Waals surface area contributed by atoms with Gasteiger partial charge in [0.15, 0.2) is 0 Å². The van der Waals surface area contributed by atoms with E-state index in [-0.39, 0.29) is 6.54 Å². The molecule has 0 spiro atoms. The number of nitrogens with one attached hydrogen (secondary N) is 1. The lowest BCUT2D eigenvalue weighted by atomic mass is 9.96. The maximum atomic E-state index is 10.5. The summed E-state index contributed by atoms with van der Waals surface area (Å²) in [6.07, 6.45) is 1.59. The van der Waals surface area contributed by atoms with Crippen molar-refractivity contribution in [1.29, 1.82) is 5.26 Å². The van der Waals surface area contributed by atoms with Gasteiger partial charge in [0, 0.05) is 17.8 Å². The Bertz CT molecular complexity index is 650. The molecule has 5 heteroatoms. The molecule has 0 amide bonds. The smallest absolute Gasteiger partial charge is 0.143 e. The number of nitrogens with zero attached hydrogens (tertiary/aromatic N) is 2. The van der Waals surface area contributed by atoms with Crippen molar-refractivity contribution in [2.24, 2.45) is 0 Å². The number of rotatable bonds is 4. The van der Waals surface area contributed by atoms with Crippen LogP contribution in [0.1, 0.15) is 18.1 Å². The van der Waals surface area contributed by atoms with Crippen LogP contribution in [0.5, 0.6) is 0 Å². The average Bonchev–Trinajstić information content (AvgIpc) is 2.45. The van der Waals surface area contributed by atoms with Crippen molar-refractivity contribution < 1.29 is 5.11 Å². The molecule has 20 heavy (non-hydrogen) atoms. The number of benzene rings is 1. The van der Waals surface area contributed by atoms with Crippen LogP contribution in [0, 0.1) is 11.3 Å². The third-order valence-corrected chi connectivity index (χ3v) is 3.21. The lowest BCUT2D eigenvalue weighted by Gasteiger charge is -2.25. The number of pyridine rings is 1. The molecule has 2 rings (SSSR count). The zero-order chi connectivity index (χ0) is 14.6. The van der Waals surface area contributed by atoms with Gasteiger partial charge in [0.05, 0.1) is 5.56 Å². The van der Waals surface area contributed by atoms with Gasteiger partial charge in [-0.15, -0.1) is 0 Å². The summed E-state index contributed by atoms with van der Waals surface area (Å²) in [7, 11) is 0. The number of hydrogen-bond acceptors (Lipinski definition) is 4. The second-order valence-corrected chi connectivity index (χ2v) is 5.09. The van der Waals surface area contributed by atoms with Gasteiger partial charge in [-0.3, -0.25) is 0 Å². The minimum Gasteiger partial charge on any atom is -0.384 e. The summed E-state index contributed by atoms with van der Waals surface area (Å²) in [4.78, 5) is 4.09. The first-order valence-corrected chi connectivity index (χ1v) is 6.48. The molecule has 4 nitrogen and oxygen atoms in total. The minimum atomic E-state index is -1.12. The fourth-order valence-corrected chi connectivity index (χ4v) is 2.01. The zero-order valence-corrected chi connectivity index (χ0v) is 11.7. The summed E-state index contributed by atoms with van der Waals surface area (Å²) in [5.74, 6) is 0.456. The second kappa shape index (κ2) is 5.91. The van der Waals surface area contributed by atoms with Gasteiger partial charge >= 0.3 is 0 Å². The molecule has 0 fully saturated rings. The van der Waals surface area contributed by atoms with E-state index in [0.29, 0.717) is 22.0 Å². The van der Waals surface area contributed by atoms with E-state index in [4.69, 9.17) is 16.9 Å². The first kappa shape index (κ1) is 14.3. The molecule has 2 aromatic rings. The monoisotopic (exact) mass is 287 g/mol. The average molecular weight is 288 g/mol. The number of nitriles is 1. The van der Waals surface area contributed by atoms with Gasteiger partial charge in [0.25, 0.3) is 0 Å². The fraction of sp³-hybridized carbons (Fsp3) is 0.200. The van der Waals surface area contributed by atoms with Gasteiger partial charge in [0.2, 0.25) is 0 Å². The molecule has 2 N–H and O–H groups in total. The van der Waals surface area contributed by atoms with E-state index in [1.165, 1.54) is 0 Å². The van der Waals surface area contributed by atoms with Crippen LogP contribution in [0.3, 0.4) is 0 Å². The molecular formula is C15H14ClN3O. The van der Waals surface area contributed by atoms with E-state index in [1.54, 1.807) is 49.5 Å². The van der Waals surface area contributed by atoms with Crippen LogP contribution in [0.25, 0.3) is 0 Å². The van der Waals surface area contributed by atoms with Crippen LogP contribution < -0.4 is 5.32 Å². The maximum absolute atomic E-state index is 10.5. The van der Waals surface area contributed by atoms with Crippen molar-refractivity contribution in [3.8, 4) is 6.07 Å². The molecule has 1 aromatic carbocycles. The highest BCUT2D eigenvalue weighted by Gasteiger charge is 2.23. The fourth-order valence-electron chi connectivity index (χ4n) is 1.82. The number of anilines is 1. The number of halogens is 1. The predicted molar refractivity (Wildman–Crippen MR) is 78.5 cm³/mol. The molecule has 0 aliphatic rings. The van der Waals surface area contributed by atoms with Gasteiger partial charge < -0.3 is 10.4 Å². The highest BCUT2D eigenvalue weighted by Crippen LogP contribution is 2.24. The third kappa shape index (κ3) is 3.27. The zero-order valence-electron chi connectivity index (χ0n) is 11.0. The quantitative estimate of drug-likeness (QED) is 0.907. The SMILES string of the molecule is CC(O)(CNc1ncccc1C#N)c1cccc(Cl)c1. The van der Waals surface area contributed by atoms with Crippen LogP contribution in [0.2, 0.25) is 5.02 Å². The van der Waals surface area contributed by atoms with Crippen molar-refractivity contribution in [1.82, 2.24) is 4.98 Å². The van der Waals surface area contributed by atoms with Crippen molar-refractivity contribution >= 4 is 17.4 Å². The van der Waals surface area contributed by atoms with E-state index in [1.807, 2.05) is 0 Å². The standard InChI is InChI=1S/C15H14ClN3O/c1-15(20,12-5-2-6-13(16)8-12)10-19-14-11(9-17)4-3-7-18-14/h2-8,20H,10H2,1H3,(H,18,19). The first-order valence-electron chi connectivity index (χ1n) is 6.10. The minimum absolute atomic E-state index is 0.221. The normalized spacial score (nSPS) is 13.3. The van der Waals surface area contributed by atoms with Gasteiger partial charge in [0.1, 0.15) is 17.5 Å². The summed E-state index contributed by atoms with van der Waals surface area (Å²) in [6.45, 7) is 1.90. The topological polar surface area (TPSA) is 68.9 Å². The molecular weight excluding hydrogens is 274 g/mol.